The van der Waals surface area contributed by atoms with E-state index in [-0.39, 0.29) is 13.3 Å². The molecule has 128 valence electrons. The van der Waals surface area contributed by atoms with Crippen LogP contribution in [0.4, 0.5) is 0 Å². The lowest BCUT2D eigenvalue weighted by Gasteiger charge is -2.08. The number of hydrogen-bond donors (Lipinski definition) is 3. The zero-order chi connectivity index (χ0) is 17.6. The minimum absolute atomic E-state index is 0.115. The number of ether oxygens (including phenoxy) is 2. The number of nitrogens with one attached hydrogen (secondary N) is 3. The van der Waals surface area contributed by atoms with Crippen LogP contribution in [0.1, 0.15) is 20.7 Å². The third-order valence-corrected chi connectivity index (χ3v) is 3.40. The highest BCUT2D eigenvalue weighted by Crippen LogP contribution is 2.32. The third-order valence-electron chi connectivity index (χ3n) is 3.40. The molecule has 0 saturated carbocycles. The molecule has 2 aromatic carbocycles. The number of hydrogen-bond acceptors (Lipinski definition) is 5. The van der Waals surface area contributed by atoms with E-state index in [1.165, 1.54) is 6.07 Å². The molecule has 1 heterocycles. The Kier molecular flexibility index (Phi) is 4.79. The topological polar surface area (TPSA) is 106 Å². The molecule has 1 aliphatic rings. The van der Waals surface area contributed by atoms with Crippen LogP contribution in [0.25, 0.3) is 0 Å². The SMILES string of the molecule is O=C(CNC(=O)c1ccc2c(c1)OCO2)NNC(=O)c1ccccc1. The van der Waals surface area contributed by atoms with E-state index < -0.39 is 17.7 Å². The summed E-state index contributed by atoms with van der Waals surface area (Å²) < 4.78 is 10.4. The van der Waals surface area contributed by atoms with Crippen LogP contribution < -0.4 is 25.6 Å². The predicted octanol–water partition coefficient (Wildman–Crippen LogP) is 0.606. The van der Waals surface area contributed by atoms with Crippen LogP contribution in [-0.4, -0.2) is 31.1 Å². The van der Waals surface area contributed by atoms with Crippen LogP contribution in [0, 0.1) is 0 Å². The Morgan fingerprint density at radius 2 is 1.60 bits per heavy atom. The number of fused-ring (bicyclic) bond motifs is 1. The average Bonchev–Trinajstić information content (AvgIpc) is 3.12. The largest absolute Gasteiger partial charge is 0.454 e. The van der Waals surface area contributed by atoms with Gasteiger partial charge in [0.25, 0.3) is 17.7 Å². The summed E-state index contributed by atoms with van der Waals surface area (Å²) in [7, 11) is 0. The smallest absolute Gasteiger partial charge is 0.269 e. The molecule has 1 aliphatic heterocycles. The standard InChI is InChI=1S/C17H15N3O5/c21-15(19-20-17(23)11-4-2-1-3-5-11)9-18-16(22)12-6-7-13-14(8-12)25-10-24-13/h1-8H,9-10H2,(H,18,22)(H,19,21)(H,20,23). The molecule has 0 atom stereocenters. The minimum atomic E-state index is -0.557. The van der Waals surface area contributed by atoms with Crippen molar-refractivity contribution in [2.75, 3.05) is 13.3 Å². The molecule has 8 heteroatoms. The first-order valence-electron chi connectivity index (χ1n) is 7.45. The maximum absolute atomic E-state index is 12.0. The van der Waals surface area contributed by atoms with Crippen LogP contribution in [0.5, 0.6) is 11.5 Å². The summed E-state index contributed by atoms with van der Waals surface area (Å²) in [5.74, 6) is -0.401. The third kappa shape index (κ3) is 4.05. The molecule has 0 radical (unpaired) electrons. The normalized spacial score (nSPS) is 11.5. The number of carbonyl (C=O) groups is 3. The summed E-state index contributed by atoms with van der Waals surface area (Å²) in [6, 6.07) is 13.2. The molecule has 0 bridgehead atoms. The van der Waals surface area contributed by atoms with Crippen LogP contribution >= 0.6 is 0 Å². The Bertz CT molecular complexity index is 807. The molecule has 3 N–H and O–H groups in total. The molecule has 0 spiro atoms. The summed E-state index contributed by atoms with van der Waals surface area (Å²) in [6.45, 7) is -0.174. The van der Waals surface area contributed by atoms with Crippen molar-refractivity contribution in [2.45, 2.75) is 0 Å². The number of rotatable bonds is 4. The van der Waals surface area contributed by atoms with Gasteiger partial charge < -0.3 is 14.8 Å². The van der Waals surface area contributed by atoms with Gasteiger partial charge in [0.1, 0.15) is 0 Å². The van der Waals surface area contributed by atoms with Crippen molar-refractivity contribution in [3.05, 3.63) is 59.7 Å². The van der Waals surface area contributed by atoms with Gasteiger partial charge in [-0.1, -0.05) is 18.2 Å². The van der Waals surface area contributed by atoms with Gasteiger partial charge in [0.2, 0.25) is 6.79 Å². The monoisotopic (exact) mass is 341 g/mol. The highest BCUT2D eigenvalue weighted by atomic mass is 16.7. The average molecular weight is 341 g/mol. The second-order valence-electron chi connectivity index (χ2n) is 5.12. The van der Waals surface area contributed by atoms with Gasteiger partial charge in [0.05, 0.1) is 6.54 Å². The van der Waals surface area contributed by atoms with Crippen molar-refractivity contribution < 1.29 is 23.9 Å². The maximum atomic E-state index is 12.0. The molecule has 0 aromatic heterocycles. The van der Waals surface area contributed by atoms with Crippen molar-refractivity contribution in [3.63, 3.8) is 0 Å². The van der Waals surface area contributed by atoms with Crippen LogP contribution in [-0.2, 0) is 4.79 Å². The number of amides is 3. The zero-order valence-electron chi connectivity index (χ0n) is 13.1. The van der Waals surface area contributed by atoms with E-state index in [1.807, 2.05) is 0 Å². The summed E-state index contributed by atoms with van der Waals surface area (Å²) in [6.07, 6.45) is 0. The second kappa shape index (κ2) is 7.35. The molecule has 3 amide bonds. The number of hydrazine groups is 1. The minimum Gasteiger partial charge on any atom is -0.454 e. The Morgan fingerprint density at radius 1 is 0.840 bits per heavy atom. The van der Waals surface area contributed by atoms with E-state index in [9.17, 15) is 14.4 Å². The Morgan fingerprint density at radius 3 is 2.40 bits per heavy atom. The van der Waals surface area contributed by atoms with Gasteiger partial charge in [-0.05, 0) is 30.3 Å². The molecule has 25 heavy (non-hydrogen) atoms. The fourth-order valence-electron chi connectivity index (χ4n) is 2.13. The summed E-state index contributed by atoms with van der Waals surface area (Å²) in [5.41, 5.74) is 5.25. The molecule has 0 fully saturated rings. The highest BCUT2D eigenvalue weighted by molar-refractivity contribution is 5.98. The Balaban J connectivity index is 1.46. The second-order valence-corrected chi connectivity index (χ2v) is 5.12. The van der Waals surface area contributed by atoms with Gasteiger partial charge >= 0.3 is 0 Å². The molecule has 2 aromatic rings. The first-order valence-corrected chi connectivity index (χ1v) is 7.45. The fraction of sp³-hybridized carbons (Fsp3) is 0.118. The van der Waals surface area contributed by atoms with Gasteiger partial charge in [-0.2, -0.15) is 0 Å². The maximum Gasteiger partial charge on any atom is 0.269 e. The molecular weight excluding hydrogens is 326 g/mol. The van der Waals surface area contributed by atoms with Crippen molar-refractivity contribution in [2.24, 2.45) is 0 Å². The molecule has 0 unspecified atom stereocenters. The van der Waals surface area contributed by atoms with E-state index in [1.54, 1.807) is 42.5 Å². The van der Waals surface area contributed by atoms with E-state index in [2.05, 4.69) is 16.2 Å². The molecule has 0 aliphatic carbocycles. The van der Waals surface area contributed by atoms with E-state index in [0.717, 1.165) is 0 Å². The van der Waals surface area contributed by atoms with Crippen molar-refractivity contribution in [1.82, 2.24) is 16.2 Å². The van der Waals surface area contributed by atoms with Gasteiger partial charge in [-0.25, -0.2) is 0 Å². The number of carbonyl (C=O) groups excluding carboxylic acids is 3. The zero-order valence-corrected chi connectivity index (χ0v) is 13.1. The number of benzene rings is 2. The Labute approximate surface area is 143 Å². The lowest BCUT2D eigenvalue weighted by atomic mass is 10.2. The summed E-state index contributed by atoms with van der Waals surface area (Å²) in [5, 5.41) is 2.45. The van der Waals surface area contributed by atoms with Crippen LogP contribution in [0.2, 0.25) is 0 Å². The van der Waals surface area contributed by atoms with E-state index in [0.29, 0.717) is 22.6 Å². The van der Waals surface area contributed by atoms with Crippen LogP contribution in [0.3, 0.4) is 0 Å². The molecular formula is C17H15N3O5. The highest BCUT2D eigenvalue weighted by Gasteiger charge is 2.16. The lowest BCUT2D eigenvalue weighted by molar-refractivity contribution is -0.120. The molecule has 8 nitrogen and oxygen atoms in total. The van der Waals surface area contributed by atoms with Crippen molar-refractivity contribution >= 4 is 17.7 Å². The van der Waals surface area contributed by atoms with Gasteiger partial charge in [-0.3, -0.25) is 25.2 Å². The van der Waals surface area contributed by atoms with Crippen molar-refractivity contribution in [3.8, 4) is 11.5 Å². The first-order chi connectivity index (χ1) is 12.1. The quantitative estimate of drug-likeness (QED) is 0.707. The fourth-order valence-corrected chi connectivity index (χ4v) is 2.13. The van der Waals surface area contributed by atoms with Gasteiger partial charge in [0, 0.05) is 11.1 Å². The molecule has 3 rings (SSSR count). The van der Waals surface area contributed by atoms with E-state index >= 15 is 0 Å². The van der Waals surface area contributed by atoms with E-state index in [4.69, 9.17) is 9.47 Å². The summed E-state index contributed by atoms with van der Waals surface area (Å²) >= 11 is 0. The van der Waals surface area contributed by atoms with Crippen LogP contribution in [0.15, 0.2) is 48.5 Å². The van der Waals surface area contributed by atoms with Gasteiger partial charge in [-0.15, -0.1) is 0 Å². The molecule has 0 saturated heterocycles. The van der Waals surface area contributed by atoms with Gasteiger partial charge in [0.15, 0.2) is 11.5 Å². The summed E-state index contributed by atoms with van der Waals surface area (Å²) in [4.78, 5) is 35.5. The predicted molar refractivity (Wildman–Crippen MR) is 86.9 cm³/mol. The first kappa shape index (κ1) is 16.3. The lowest BCUT2D eigenvalue weighted by Crippen LogP contribution is -2.46. The van der Waals surface area contributed by atoms with Crippen molar-refractivity contribution in [1.29, 1.82) is 0 Å². The Hall–Kier alpha value is -3.55.